The van der Waals surface area contributed by atoms with E-state index < -0.39 is 17.7 Å². The highest BCUT2D eigenvalue weighted by Gasteiger charge is 2.42. The molecule has 2 aromatic rings. The lowest BCUT2D eigenvalue weighted by Crippen LogP contribution is -2.29. The lowest BCUT2D eigenvalue weighted by molar-refractivity contribution is 0.113. The van der Waals surface area contributed by atoms with E-state index in [-0.39, 0.29) is 11.9 Å². The molecule has 2 fully saturated rings. The highest BCUT2D eigenvalue weighted by atomic mass is 19.2. The van der Waals surface area contributed by atoms with Crippen LogP contribution in [0.25, 0.3) is 0 Å². The van der Waals surface area contributed by atoms with Crippen LogP contribution in [0.4, 0.5) is 8.78 Å². The SMILES string of the molecule is Oc1ccc(C(O)CN2C[C@H]3C[C@@H](Oc4ccc(F)c(F)c4)C[C@H]3C2)nc1. The Hall–Kier alpha value is -2.25. The molecule has 2 heterocycles. The Labute approximate surface area is 156 Å². The summed E-state index contributed by atoms with van der Waals surface area (Å²) in [6.07, 6.45) is 2.38. The molecule has 0 spiro atoms. The Morgan fingerprint density at radius 2 is 1.85 bits per heavy atom. The van der Waals surface area contributed by atoms with Crippen LogP contribution in [-0.2, 0) is 0 Å². The van der Waals surface area contributed by atoms with Crippen molar-refractivity contribution in [1.82, 2.24) is 9.88 Å². The summed E-state index contributed by atoms with van der Waals surface area (Å²) < 4.78 is 32.2. The average Bonchev–Trinajstić information content (AvgIpc) is 3.16. The summed E-state index contributed by atoms with van der Waals surface area (Å²) in [4.78, 5) is 6.29. The van der Waals surface area contributed by atoms with Crippen molar-refractivity contribution < 1.29 is 23.7 Å². The summed E-state index contributed by atoms with van der Waals surface area (Å²) in [5.74, 6) is -0.379. The minimum absolute atomic E-state index is 0.00991. The summed E-state index contributed by atoms with van der Waals surface area (Å²) in [6, 6.07) is 6.78. The molecule has 27 heavy (non-hydrogen) atoms. The van der Waals surface area contributed by atoms with Gasteiger partial charge in [-0.3, -0.25) is 9.88 Å². The van der Waals surface area contributed by atoms with Crippen molar-refractivity contribution in [2.24, 2.45) is 11.8 Å². The van der Waals surface area contributed by atoms with Gasteiger partial charge in [0, 0.05) is 25.7 Å². The number of hydrogen-bond acceptors (Lipinski definition) is 5. The van der Waals surface area contributed by atoms with Gasteiger partial charge in [-0.2, -0.15) is 0 Å². The number of pyridine rings is 1. The van der Waals surface area contributed by atoms with Gasteiger partial charge in [0.25, 0.3) is 0 Å². The minimum Gasteiger partial charge on any atom is -0.506 e. The molecule has 0 radical (unpaired) electrons. The predicted molar refractivity (Wildman–Crippen MR) is 94.3 cm³/mol. The third kappa shape index (κ3) is 4.04. The molecule has 1 saturated heterocycles. The number of aromatic hydroxyl groups is 1. The number of β-amino-alcohol motifs (C(OH)–C–C–N with tert-alkyl or cyclic N) is 1. The van der Waals surface area contributed by atoms with E-state index in [1.807, 2.05) is 0 Å². The first-order chi connectivity index (χ1) is 13.0. The Kier molecular flexibility index (Phi) is 4.97. The van der Waals surface area contributed by atoms with Crippen LogP contribution in [0, 0.1) is 23.5 Å². The highest BCUT2D eigenvalue weighted by Crippen LogP contribution is 2.40. The molecule has 1 unspecified atom stereocenters. The number of benzene rings is 1. The molecule has 4 rings (SSSR count). The number of aliphatic hydroxyl groups is 1. The van der Waals surface area contributed by atoms with Gasteiger partial charge in [-0.25, -0.2) is 8.78 Å². The smallest absolute Gasteiger partial charge is 0.162 e. The van der Waals surface area contributed by atoms with Crippen LogP contribution in [0.2, 0.25) is 0 Å². The summed E-state index contributed by atoms with van der Waals surface area (Å²) in [7, 11) is 0. The first kappa shape index (κ1) is 18.1. The third-order valence-corrected chi connectivity index (χ3v) is 5.52. The van der Waals surface area contributed by atoms with E-state index in [0.717, 1.165) is 38.1 Å². The Bertz CT molecular complexity index is 788. The number of aromatic nitrogens is 1. The number of aliphatic hydroxyl groups excluding tert-OH is 1. The Balaban J connectivity index is 1.29. The van der Waals surface area contributed by atoms with Crippen LogP contribution in [-0.4, -0.2) is 45.8 Å². The molecule has 4 atom stereocenters. The molecule has 1 aliphatic heterocycles. The van der Waals surface area contributed by atoms with E-state index >= 15 is 0 Å². The van der Waals surface area contributed by atoms with E-state index in [1.54, 1.807) is 6.07 Å². The fraction of sp³-hybridized carbons (Fsp3) is 0.450. The second-order valence-corrected chi connectivity index (χ2v) is 7.48. The molecule has 1 aromatic carbocycles. The van der Waals surface area contributed by atoms with Crippen LogP contribution >= 0.6 is 0 Å². The first-order valence-electron chi connectivity index (χ1n) is 9.15. The van der Waals surface area contributed by atoms with Crippen molar-refractivity contribution in [2.75, 3.05) is 19.6 Å². The second-order valence-electron chi connectivity index (χ2n) is 7.48. The van der Waals surface area contributed by atoms with E-state index in [9.17, 15) is 19.0 Å². The molecule has 2 aliphatic rings. The Morgan fingerprint density at radius 3 is 2.48 bits per heavy atom. The molecule has 2 N–H and O–H groups in total. The topological polar surface area (TPSA) is 65.8 Å². The van der Waals surface area contributed by atoms with Crippen molar-refractivity contribution in [3.8, 4) is 11.5 Å². The molecule has 5 nitrogen and oxygen atoms in total. The van der Waals surface area contributed by atoms with Crippen molar-refractivity contribution in [3.05, 3.63) is 53.9 Å². The molecule has 1 aliphatic carbocycles. The molecular weight excluding hydrogens is 354 g/mol. The summed E-state index contributed by atoms with van der Waals surface area (Å²) in [5.41, 5.74) is 0.546. The normalized spacial score (nSPS) is 26.1. The molecule has 1 aromatic heterocycles. The maximum absolute atomic E-state index is 13.3. The van der Waals surface area contributed by atoms with Crippen LogP contribution in [0.5, 0.6) is 11.5 Å². The maximum atomic E-state index is 13.3. The maximum Gasteiger partial charge on any atom is 0.162 e. The number of halogens is 2. The number of hydrogen-bond donors (Lipinski definition) is 2. The van der Waals surface area contributed by atoms with E-state index in [2.05, 4.69) is 9.88 Å². The highest BCUT2D eigenvalue weighted by molar-refractivity contribution is 5.24. The third-order valence-electron chi connectivity index (χ3n) is 5.52. The minimum atomic E-state index is -0.895. The second kappa shape index (κ2) is 7.40. The van der Waals surface area contributed by atoms with Crippen LogP contribution in [0.15, 0.2) is 36.5 Å². The van der Waals surface area contributed by atoms with Gasteiger partial charge in [-0.1, -0.05) is 0 Å². The lowest BCUT2D eigenvalue weighted by Gasteiger charge is -2.22. The van der Waals surface area contributed by atoms with Crippen molar-refractivity contribution in [1.29, 1.82) is 0 Å². The number of likely N-dealkylation sites (tertiary alicyclic amines) is 1. The summed E-state index contributed by atoms with van der Waals surface area (Å²) in [6.45, 7) is 2.24. The van der Waals surface area contributed by atoms with Crippen LogP contribution in [0.1, 0.15) is 24.6 Å². The molecule has 0 amide bonds. The monoisotopic (exact) mass is 376 g/mol. The molecule has 7 heteroatoms. The number of rotatable bonds is 5. The van der Waals surface area contributed by atoms with Gasteiger partial charge < -0.3 is 14.9 Å². The molecule has 144 valence electrons. The van der Waals surface area contributed by atoms with Gasteiger partial charge >= 0.3 is 0 Å². The average molecular weight is 376 g/mol. The summed E-state index contributed by atoms with van der Waals surface area (Å²) in [5, 5.41) is 19.6. The van der Waals surface area contributed by atoms with Crippen molar-refractivity contribution in [3.63, 3.8) is 0 Å². The van der Waals surface area contributed by atoms with Crippen LogP contribution < -0.4 is 4.74 Å². The van der Waals surface area contributed by atoms with Gasteiger partial charge in [-0.15, -0.1) is 0 Å². The van der Waals surface area contributed by atoms with Gasteiger partial charge in [0.05, 0.1) is 18.0 Å². The van der Waals surface area contributed by atoms with Crippen LogP contribution in [0.3, 0.4) is 0 Å². The van der Waals surface area contributed by atoms with Crippen molar-refractivity contribution in [2.45, 2.75) is 25.0 Å². The summed E-state index contributed by atoms with van der Waals surface area (Å²) >= 11 is 0. The number of fused-ring (bicyclic) bond motifs is 1. The van der Waals surface area contributed by atoms with Gasteiger partial charge in [-0.05, 0) is 48.9 Å². The standard InChI is InChI=1S/C20H22F2N2O3/c21-17-3-2-15(7-18(17)22)27-16-5-12-9-24(10-13(12)6-16)11-20(26)19-4-1-14(25)8-23-19/h1-4,7-8,12-13,16,20,25-26H,5-6,9-11H2/t12-,13+,16-,20?. The number of ether oxygens (including phenoxy) is 1. The van der Waals surface area contributed by atoms with Gasteiger partial charge in [0.1, 0.15) is 17.6 Å². The van der Waals surface area contributed by atoms with E-state index in [1.165, 1.54) is 18.3 Å². The quantitative estimate of drug-likeness (QED) is 0.840. The molecule has 1 saturated carbocycles. The lowest BCUT2D eigenvalue weighted by atomic mass is 10.0. The van der Waals surface area contributed by atoms with E-state index in [4.69, 9.17) is 4.74 Å². The fourth-order valence-electron chi connectivity index (χ4n) is 4.26. The zero-order valence-electron chi connectivity index (χ0n) is 14.8. The van der Waals surface area contributed by atoms with Crippen molar-refractivity contribution >= 4 is 0 Å². The first-order valence-corrected chi connectivity index (χ1v) is 9.15. The number of nitrogens with zero attached hydrogens (tertiary/aromatic N) is 2. The predicted octanol–water partition coefficient (Wildman–Crippen LogP) is 2.89. The molecule has 0 bridgehead atoms. The van der Waals surface area contributed by atoms with E-state index in [0.29, 0.717) is 29.8 Å². The zero-order chi connectivity index (χ0) is 19.0. The largest absolute Gasteiger partial charge is 0.506 e. The molecular formula is C20H22F2N2O3. The zero-order valence-corrected chi connectivity index (χ0v) is 14.8. The van der Waals surface area contributed by atoms with Gasteiger partial charge in [0.2, 0.25) is 0 Å². The fourth-order valence-corrected chi connectivity index (χ4v) is 4.26. The van der Waals surface area contributed by atoms with Gasteiger partial charge in [0.15, 0.2) is 11.6 Å². The Morgan fingerprint density at radius 1 is 1.11 bits per heavy atom.